The first-order valence-electron chi connectivity index (χ1n) is 5.18. The molecule has 2 rings (SSSR count). The number of benzene rings is 1. The third kappa shape index (κ3) is 2.31. The van der Waals surface area contributed by atoms with Crippen LogP contribution in [0.3, 0.4) is 0 Å². The molecule has 1 saturated heterocycles. The van der Waals surface area contributed by atoms with Crippen molar-refractivity contribution in [3.63, 3.8) is 0 Å². The van der Waals surface area contributed by atoms with Gasteiger partial charge in [0.2, 0.25) is 10.0 Å². The zero-order valence-corrected chi connectivity index (χ0v) is 9.80. The Labute approximate surface area is 98.3 Å². The number of rotatable bonds is 2. The molecule has 1 aliphatic rings. The van der Waals surface area contributed by atoms with Crippen LogP contribution in [-0.4, -0.2) is 38.9 Å². The van der Waals surface area contributed by atoms with Gasteiger partial charge in [0, 0.05) is 26.2 Å². The second kappa shape index (κ2) is 4.67. The van der Waals surface area contributed by atoms with E-state index in [-0.39, 0.29) is 13.1 Å². The molecule has 0 radical (unpaired) electrons. The summed E-state index contributed by atoms with van der Waals surface area (Å²) in [5.41, 5.74) is 0. The smallest absolute Gasteiger partial charge is 0.249 e. The van der Waals surface area contributed by atoms with E-state index >= 15 is 0 Å². The summed E-state index contributed by atoms with van der Waals surface area (Å²) in [5.74, 6) is -2.10. The standard InChI is InChI=1S/C10H12F2N2O2S/c11-8-2-1-3-9(12)10(8)17(15,16)14-6-4-13-5-7-14/h1-3,13H,4-7H2. The van der Waals surface area contributed by atoms with Gasteiger partial charge in [0.1, 0.15) is 11.6 Å². The second-order valence-corrected chi connectivity index (χ2v) is 5.58. The first-order valence-corrected chi connectivity index (χ1v) is 6.62. The largest absolute Gasteiger partial charge is 0.314 e. The maximum absolute atomic E-state index is 13.4. The molecular formula is C10H12F2N2O2S. The Bertz CT molecular complexity index is 493. The van der Waals surface area contributed by atoms with Crippen LogP contribution in [0.15, 0.2) is 23.1 Å². The lowest BCUT2D eigenvalue weighted by Gasteiger charge is -2.26. The lowest BCUT2D eigenvalue weighted by Crippen LogP contribution is -2.46. The Kier molecular flexibility index (Phi) is 3.41. The number of hydrogen-bond donors (Lipinski definition) is 1. The van der Waals surface area contributed by atoms with E-state index in [4.69, 9.17) is 0 Å². The van der Waals surface area contributed by atoms with Crippen molar-refractivity contribution in [1.29, 1.82) is 0 Å². The van der Waals surface area contributed by atoms with E-state index in [2.05, 4.69) is 5.32 Å². The Balaban J connectivity index is 2.44. The Hall–Kier alpha value is -1.05. The fourth-order valence-electron chi connectivity index (χ4n) is 1.74. The number of nitrogens with zero attached hydrogens (tertiary/aromatic N) is 1. The van der Waals surface area contributed by atoms with Gasteiger partial charge in [-0.2, -0.15) is 4.31 Å². The highest BCUT2D eigenvalue weighted by atomic mass is 32.2. The average molecular weight is 262 g/mol. The summed E-state index contributed by atoms with van der Waals surface area (Å²) in [5, 5.41) is 2.97. The Morgan fingerprint density at radius 2 is 1.65 bits per heavy atom. The summed E-state index contributed by atoms with van der Waals surface area (Å²) in [6.07, 6.45) is 0. The zero-order valence-electron chi connectivity index (χ0n) is 8.99. The van der Waals surface area contributed by atoms with Crippen LogP contribution in [0.25, 0.3) is 0 Å². The predicted octanol–water partition coefficient (Wildman–Crippen LogP) is 0.559. The fraction of sp³-hybridized carbons (Fsp3) is 0.400. The maximum atomic E-state index is 13.4. The highest BCUT2D eigenvalue weighted by Gasteiger charge is 2.31. The van der Waals surface area contributed by atoms with E-state index in [0.717, 1.165) is 22.5 Å². The molecule has 1 aliphatic heterocycles. The second-order valence-electron chi connectivity index (χ2n) is 3.70. The highest BCUT2D eigenvalue weighted by Crippen LogP contribution is 2.22. The first kappa shape index (κ1) is 12.4. The average Bonchev–Trinajstić information content (AvgIpc) is 2.29. The molecule has 0 amide bonds. The minimum atomic E-state index is -4.08. The van der Waals surface area contributed by atoms with Gasteiger partial charge in [-0.1, -0.05) is 6.07 Å². The summed E-state index contributed by atoms with van der Waals surface area (Å²) in [7, 11) is -4.08. The molecule has 0 aliphatic carbocycles. The van der Waals surface area contributed by atoms with E-state index in [0.29, 0.717) is 13.1 Å². The van der Waals surface area contributed by atoms with Gasteiger partial charge in [0.15, 0.2) is 4.90 Å². The molecule has 0 unspecified atom stereocenters. The molecule has 0 bridgehead atoms. The number of nitrogens with one attached hydrogen (secondary N) is 1. The van der Waals surface area contributed by atoms with E-state index in [1.807, 2.05) is 0 Å². The highest BCUT2D eigenvalue weighted by molar-refractivity contribution is 7.89. The van der Waals surface area contributed by atoms with Crippen LogP contribution in [0.4, 0.5) is 8.78 Å². The number of hydrogen-bond acceptors (Lipinski definition) is 3. The molecule has 0 spiro atoms. The van der Waals surface area contributed by atoms with Crippen molar-refractivity contribution in [3.8, 4) is 0 Å². The summed E-state index contributed by atoms with van der Waals surface area (Å²) >= 11 is 0. The fourth-order valence-corrected chi connectivity index (χ4v) is 3.29. The first-order chi connectivity index (χ1) is 8.03. The Morgan fingerprint density at radius 3 is 2.18 bits per heavy atom. The molecule has 1 heterocycles. The van der Waals surface area contributed by atoms with E-state index < -0.39 is 26.6 Å². The van der Waals surface area contributed by atoms with Gasteiger partial charge in [0.25, 0.3) is 0 Å². The quantitative estimate of drug-likeness (QED) is 0.847. The molecule has 1 N–H and O–H groups in total. The molecule has 17 heavy (non-hydrogen) atoms. The summed E-state index contributed by atoms with van der Waals surface area (Å²) in [6, 6.07) is 3.03. The van der Waals surface area contributed by atoms with Crippen molar-refractivity contribution in [2.45, 2.75) is 4.90 Å². The number of halogens is 2. The van der Waals surface area contributed by atoms with E-state index in [9.17, 15) is 17.2 Å². The molecule has 7 heteroatoms. The van der Waals surface area contributed by atoms with E-state index in [1.165, 1.54) is 0 Å². The molecular weight excluding hydrogens is 250 g/mol. The zero-order chi connectivity index (χ0) is 12.5. The molecule has 0 atom stereocenters. The predicted molar refractivity (Wildman–Crippen MR) is 58.0 cm³/mol. The van der Waals surface area contributed by atoms with Crippen LogP contribution in [0.5, 0.6) is 0 Å². The van der Waals surface area contributed by atoms with Gasteiger partial charge in [-0.05, 0) is 12.1 Å². The monoisotopic (exact) mass is 262 g/mol. The van der Waals surface area contributed by atoms with Crippen molar-refractivity contribution in [3.05, 3.63) is 29.8 Å². The van der Waals surface area contributed by atoms with Crippen LogP contribution < -0.4 is 5.32 Å². The van der Waals surface area contributed by atoms with Gasteiger partial charge >= 0.3 is 0 Å². The molecule has 0 saturated carbocycles. The molecule has 4 nitrogen and oxygen atoms in total. The minimum Gasteiger partial charge on any atom is -0.314 e. The lowest BCUT2D eigenvalue weighted by molar-refractivity contribution is 0.355. The summed E-state index contributed by atoms with van der Waals surface area (Å²) < 4.78 is 52.1. The minimum absolute atomic E-state index is 0.218. The van der Waals surface area contributed by atoms with Crippen LogP contribution in [0.1, 0.15) is 0 Å². The molecule has 1 fully saturated rings. The van der Waals surface area contributed by atoms with E-state index in [1.54, 1.807) is 0 Å². The van der Waals surface area contributed by atoms with Crippen molar-refractivity contribution in [1.82, 2.24) is 9.62 Å². The van der Waals surface area contributed by atoms with Gasteiger partial charge in [-0.25, -0.2) is 17.2 Å². The summed E-state index contributed by atoms with van der Waals surface area (Å²) in [4.78, 5) is -0.859. The summed E-state index contributed by atoms with van der Waals surface area (Å²) in [6.45, 7) is 1.40. The number of piperazine rings is 1. The molecule has 1 aromatic carbocycles. The van der Waals surface area contributed by atoms with Gasteiger partial charge in [0.05, 0.1) is 0 Å². The van der Waals surface area contributed by atoms with Crippen molar-refractivity contribution in [2.75, 3.05) is 26.2 Å². The molecule has 0 aromatic heterocycles. The Morgan fingerprint density at radius 1 is 1.12 bits per heavy atom. The third-order valence-electron chi connectivity index (χ3n) is 2.59. The van der Waals surface area contributed by atoms with Gasteiger partial charge in [-0.3, -0.25) is 0 Å². The van der Waals surface area contributed by atoms with Crippen LogP contribution in [0, 0.1) is 11.6 Å². The third-order valence-corrected chi connectivity index (χ3v) is 4.54. The SMILES string of the molecule is O=S(=O)(c1c(F)cccc1F)N1CCNCC1. The van der Waals surface area contributed by atoms with Gasteiger partial charge < -0.3 is 5.32 Å². The van der Waals surface area contributed by atoms with Crippen LogP contribution in [-0.2, 0) is 10.0 Å². The topological polar surface area (TPSA) is 49.4 Å². The van der Waals surface area contributed by atoms with Crippen LogP contribution >= 0.6 is 0 Å². The lowest BCUT2D eigenvalue weighted by atomic mass is 10.3. The van der Waals surface area contributed by atoms with Crippen LogP contribution in [0.2, 0.25) is 0 Å². The van der Waals surface area contributed by atoms with Crippen molar-refractivity contribution < 1.29 is 17.2 Å². The number of sulfonamides is 1. The van der Waals surface area contributed by atoms with Crippen molar-refractivity contribution >= 4 is 10.0 Å². The maximum Gasteiger partial charge on any atom is 0.249 e. The van der Waals surface area contributed by atoms with Crippen molar-refractivity contribution in [2.24, 2.45) is 0 Å². The normalized spacial score (nSPS) is 18.2. The van der Waals surface area contributed by atoms with Gasteiger partial charge in [-0.15, -0.1) is 0 Å². The molecule has 94 valence electrons. The molecule has 1 aromatic rings.